The maximum absolute atomic E-state index is 12.2. The summed E-state index contributed by atoms with van der Waals surface area (Å²) >= 11 is 5.87. The lowest BCUT2D eigenvalue weighted by atomic mass is 9.95. The molecule has 2 rings (SSSR count). The van der Waals surface area contributed by atoms with E-state index in [1.807, 2.05) is 31.3 Å². The molecule has 0 unspecified atom stereocenters. The largest absolute Gasteiger partial charge is 0.355 e. The molecule has 1 fully saturated rings. The number of rotatable bonds is 6. The Bertz CT molecular complexity index is 416. The van der Waals surface area contributed by atoms with Gasteiger partial charge in [-0.1, -0.05) is 23.7 Å². The number of amides is 1. The molecule has 1 amide bonds. The van der Waals surface area contributed by atoms with Crippen molar-refractivity contribution in [3.05, 3.63) is 34.9 Å². The highest BCUT2D eigenvalue weighted by molar-refractivity contribution is 6.30. The van der Waals surface area contributed by atoms with E-state index in [1.165, 1.54) is 0 Å². The van der Waals surface area contributed by atoms with E-state index in [-0.39, 0.29) is 23.7 Å². The van der Waals surface area contributed by atoms with Crippen molar-refractivity contribution in [2.75, 3.05) is 20.1 Å². The Labute approximate surface area is 125 Å². The van der Waals surface area contributed by atoms with Crippen LogP contribution in [0.25, 0.3) is 0 Å². The highest BCUT2D eigenvalue weighted by Gasteiger charge is 2.50. The standard InChI is InChI=1S/C14H19ClN2O.ClH/c1-16-9-2-10-17-13(18)14(7-8-14)11-3-5-12(15)6-4-11;/h3-6,16H,2,7-10H2,1H3,(H,17,18);1H. The molecule has 3 nitrogen and oxygen atoms in total. The highest BCUT2D eigenvalue weighted by atomic mass is 35.5. The number of carbonyl (C=O) groups is 1. The van der Waals surface area contributed by atoms with Crippen LogP contribution in [0.1, 0.15) is 24.8 Å². The van der Waals surface area contributed by atoms with Crippen LogP contribution in [0, 0.1) is 0 Å². The molecule has 1 saturated carbocycles. The number of halogens is 2. The second-order valence-electron chi connectivity index (χ2n) is 4.80. The monoisotopic (exact) mass is 302 g/mol. The molecule has 19 heavy (non-hydrogen) atoms. The van der Waals surface area contributed by atoms with E-state index in [0.717, 1.165) is 37.9 Å². The molecule has 0 spiro atoms. The van der Waals surface area contributed by atoms with Crippen molar-refractivity contribution in [3.63, 3.8) is 0 Å². The Morgan fingerprint density at radius 2 is 1.89 bits per heavy atom. The summed E-state index contributed by atoms with van der Waals surface area (Å²) in [7, 11) is 1.91. The van der Waals surface area contributed by atoms with E-state index >= 15 is 0 Å². The quantitative estimate of drug-likeness (QED) is 0.793. The van der Waals surface area contributed by atoms with Crippen molar-refractivity contribution >= 4 is 29.9 Å². The molecule has 0 aliphatic heterocycles. The molecular weight excluding hydrogens is 283 g/mol. The van der Waals surface area contributed by atoms with E-state index in [0.29, 0.717) is 5.02 Å². The van der Waals surface area contributed by atoms with Gasteiger partial charge in [-0.15, -0.1) is 12.4 Å². The van der Waals surface area contributed by atoms with Gasteiger partial charge in [0.2, 0.25) is 5.91 Å². The van der Waals surface area contributed by atoms with E-state index in [1.54, 1.807) is 0 Å². The van der Waals surface area contributed by atoms with Crippen LogP contribution in [-0.4, -0.2) is 26.0 Å². The SMILES string of the molecule is CNCCCNC(=O)C1(c2ccc(Cl)cc2)CC1.Cl. The number of nitrogens with one attached hydrogen (secondary N) is 2. The zero-order chi connectivity index (χ0) is 13.0. The Morgan fingerprint density at radius 3 is 2.42 bits per heavy atom. The van der Waals surface area contributed by atoms with Gasteiger partial charge in [0.25, 0.3) is 0 Å². The molecule has 0 bridgehead atoms. The second kappa shape index (κ2) is 7.13. The third-order valence-corrected chi connectivity index (χ3v) is 3.72. The van der Waals surface area contributed by atoms with Crippen molar-refractivity contribution in [1.82, 2.24) is 10.6 Å². The smallest absolute Gasteiger partial charge is 0.230 e. The average Bonchev–Trinajstić information content (AvgIpc) is 3.17. The molecule has 106 valence electrons. The molecular formula is C14H20Cl2N2O. The van der Waals surface area contributed by atoms with Crippen LogP contribution in [0.15, 0.2) is 24.3 Å². The number of hydrogen-bond acceptors (Lipinski definition) is 2. The molecule has 1 aromatic rings. The predicted molar refractivity (Wildman–Crippen MR) is 81.2 cm³/mol. The maximum atomic E-state index is 12.2. The van der Waals surface area contributed by atoms with Crippen LogP contribution in [0.4, 0.5) is 0 Å². The van der Waals surface area contributed by atoms with Gasteiger partial charge in [-0.25, -0.2) is 0 Å². The lowest BCUT2D eigenvalue weighted by Crippen LogP contribution is -2.36. The molecule has 1 aliphatic rings. The average molecular weight is 303 g/mol. The molecule has 1 aliphatic carbocycles. The fourth-order valence-corrected chi connectivity index (χ4v) is 2.30. The highest BCUT2D eigenvalue weighted by Crippen LogP contribution is 2.48. The first-order valence-electron chi connectivity index (χ1n) is 6.38. The minimum Gasteiger partial charge on any atom is -0.355 e. The summed E-state index contributed by atoms with van der Waals surface area (Å²) in [5, 5.41) is 6.80. The number of hydrogen-bond donors (Lipinski definition) is 2. The molecule has 0 radical (unpaired) electrons. The van der Waals surface area contributed by atoms with Gasteiger partial charge in [0.1, 0.15) is 0 Å². The molecule has 0 heterocycles. The van der Waals surface area contributed by atoms with Gasteiger partial charge in [-0.2, -0.15) is 0 Å². The first-order valence-corrected chi connectivity index (χ1v) is 6.76. The van der Waals surface area contributed by atoms with Crippen LogP contribution < -0.4 is 10.6 Å². The summed E-state index contributed by atoms with van der Waals surface area (Å²) in [4.78, 5) is 12.2. The Kier molecular flexibility index (Phi) is 6.11. The van der Waals surface area contributed by atoms with Crippen molar-refractivity contribution < 1.29 is 4.79 Å². The third kappa shape index (κ3) is 3.85. The van der Waals surface area contributed by atoms with Gasteiger partial charge >= 0.3 is 0 Å². The maximum Gasteiger partial charge on any atom is 0.230 e. The first kappa shape index (κ1) is 16.3. The van der Waals surface area contributed by atoms with Crippen LogP contribution in [0.2, 0.25) is 5.02 Å². The van der Waals surface area contributed by atoms with E-state index in [9.17, 15) is 4.79 Å². The van der Waals surface area contributed by atoms with Gasteiger partial charge in [-0.3, -0.25) is 4.79 Å². The summed E-state index contributed by atoms with van der Waals surface area (Å²) in [6.45, 7) is 1.66. The lowest BCUT2D eigenvalue weighted by Gasteiger charge is -2.15. The van der Waals surface area contributed by atoms with Crippen LogP contribution in [-0.2, 0) is 10.2 Å². The molecule has 5 heteroatoms. The van der Waals surface area contributed by atoms with Gasteiger partial charge in [0.05, 0.1) is 5.41 Å². The second-order valence-corrected chi connectivity index (χ2v) is 5.24. The van der Waals surface area contributed by atoms with Crippen molar-refractivity contribution in [3.8, 4) is 0 Å². The zero-order valence-electron chi connectivity index (χ0n) is 11.0. The minimum absolute atomic E-state index is 0. The van der Waals surface area contributed by atoms with Gasteiger partial charge in [0.15, 0.2) is 0 Å². The predicted octanol–water partition coefficient (Wildman–Crippen LogP) is 2.52. The molecule has 2 N–H and O–H groups in total. The number of carbonyl (C=O) groups excluding carboxylic acids is 1. The molecule has 0 atom stereocenters. The summed E-state index contributed by atoms with van der Waals surface area (Å²) in [6.07, 6.45) is 2.83. The first-order chi connectivity index (χ1) is 8.69. The van der Waals surface area contributed by atoms with Gasteiger partial charge in [0, 0.05) is 11.6 Å². The number of benzene rings is 1. The Hall–Kier alpha value is -0.770. The molecule has 0 saturated heterocycles. The van der Waals surface area contributed by atoms with Crippen LogP contribution >= 0.6 is 24.0 Å². The summed E-state index contributed by atoms with van der Waals surface area (Å²) in [5.41, 5.74) is 0.794. The van der Waals surface area contributed by atoms with Crippen LogP contribution in [0.5, 0.6) is 0 Å². The van der Waals surface area contributed by atoms with Crippen molar-refractivity contribution in [1.29, 1.82) is 0 Å². The lowest BCUT2D eigenvalue weighted by molar-refractivity contribution is -0.123. The minimum atomic E-state index is -0.287. The Morgan fingerprint density at radius 1 is 1.26 bits per heavy atom. The van der Waals surface area contributed by atoms with Crippen molar-refractivity contribution in [2.45, 2.75) is 24.7 Å². The van der Waals surface area contributed by atoms with E-state index in [4.69, 9.17) is 11.6 Å². The van der Waals surface area contributed by atoms with E-state index in [2.05, 4.69) is 10.6 Å². The summed E-state index contributed by atoms with van der Waals surface area (Å²) in [6, 6.07) is 7.63. The fraction of sp³-hybridized carbons (Fsp3) is 0.500. The van der Waals surface area contributed by atoms with Crippen LogP contribution in [0.3, 0.4) is 0 Å². The van der Waals surface area contributed by atoms with Crippen molar-refractivity contribution in [2.24, 2.45) is 0 Å². The Balaban J connectivity index is 0.00000180. The van der Waals surface area contributed by atoms with Gasteiger partial charge < -0.3 is 10.6 Å². The zero-order valence-corrected chi connectivity index (χ0v) is 12.6. The van der Waals surface area contributed by atoms with Gasteiger partial charge in [-0.05, 0) is 50.6 Å². The topological polar surface area (TPSA) is 41.1 Å². The summed E-state index contributed by atoms with van der Waals surface area (Å²) in [5.74, 6) is 0.154. The van der Waals surface area contributed by atoms with E-state index < -0.39 is 0 Å². The normalized spacial score (nSPS) is 15.5. The molecule has 1 aromatic carbocycles. The fourth-order valence-electron chi connectivity index (χ4n) is 2.18. The summed E-state index contributed by atoms with van der Waals surface area (Å²) < 4.78 is 0. The molecule has 0 aromatic heterocycles. The third-order valence-electron chi connectivity index (χ3n) is 3.47.